The summed E-state index contributed by atoms with van der Waals surface area (Å²) in [5, 5.41) is 0.940. The number of ether oxygens (including phenoxy) is 1. The van der Waals surface area contributed by atoms with Gasteiger partial charge < -0.3 is 8.92 Å². The molecule has 1 amide bonds. The Bertz CT molecular complexity index is 667. The molecule has 2 rings (SSSR count). The topological polar surface area (TPSA) is 85.8 Å². The number of cyclic esters (lactones) is 1. The lowest BCUT2D eigenvalue weighted by molar-refractivity contribution is -0.0501. The molecular weight excluding hydrogens is 337 g/mol. The SMILES string of the molecule is CC1(C)COC(=O)N1c1nc(OS(=O)(=O)C(F)(F)F)cs1. The average molecular weight is 346 g/mol. The van der Waals surface area contributed by atoms with Gasteiger partial charge in [0.2, 0.25) is 5.88 Å². The van der Waals surface area contributed by atoms with Gasteiger partial charge in [-0.1, -0.05) is 0 Å². The van der Waals surface area contributed by atoms with Crippen molar-refractivity contribution in [3.63, 3.8) is 0 Å². The van der Waals surface area contributed by atoms with E-state index in [-0.39, 0.29) is 11.7 Å². The van der Waals surface area contributed by atoms with Gasteiger partial charge in [0, 0.05) is 0 Å². The van der Waals surface area contributed by atoms with Gasteiger partial charge in [-0.2, -0.15) is 26.6 Å². The first-order chi connectivity index (χ1) is 9.44. The maximum atomic E-state index is 12.2. The number of rotatable bonds is 3. The van der Waals surface area contributed by atoms with E-state index in [1.807, 2.05) is 0 Å². The van der Waals surface area contributed by atoms with Crippen LogP contribution in [0.3, 0.4) is 0 Å². The fraction of sp³-hybridized carbons (Fsp3) is 0.556. The predicted molar refractivity (Wildman–Crippen MR) is 65.6 cm³/mol. The molecule has 0 aromatic carbocycles. The van der Waals surface area contributed by atoms with E-state index in [0.29, 0.717) is 0 Å². The Balaban J connectivity index is 2.26. The number of thiazole rings is 1. The third kappa shape index (κ3) is 2.90. The summed E-state index contributed by atoms with van der Waals surface area (Å²) in [4.78, 5) is 16.3. The first-order valence-corrected chi connectivity index (χ1v) is 7.66. The third-order valence-corrected chi connectivity index (χ3v) is 4.24. The number of halogens is 3. The van der Waals surface area contributed by atoms with Crippen molar-refractivity contribution in [2.24, 2.45) is 0 Å². The summed E-state index contributed by atoms with van der Waals surface area (Å²) in [6.07, 6.45) is -0.723. The van der Waals surface area contributed by atoms with Crippen LogP contribution >= 0.6 is 11.3 Å². The lowest BCUT2D eigenvalue weighted by Gasteiger charge is -2.24. The van der Waals surface area contributed by atoms with E-state index in [0.717, 1.165) is 21.6 Å². The van der Waals surface area contributed by atoms with Crippen molar-refractivity contribution < 1.29 is 35.3 Å². The quantitative estimate of drug-likeness (QED) is 0.615. The van der Waals surface area contributed by atoms with E-state index in [1.54, 1.807) is 13.8 Å². The Hall–Kier alpha value is -1.56. The molecule has 0 spiro atoms. The fourth-order valence-corrected chi connectivity index (χ4v) is 2.84. The summed E-state index contributed by atoms with van der Waals surface area (Å²) in [6.45, 7) is 3.39. The smallest absolute Gasteiger partial charge is 0.447 e. The van der Waals surface area contributed by atoms with Crippen molar-refractivity contribution in [1.29, 1.82) is 0 Å². The zero-order chi connectivity index (χ0) is 16.1. The molecule has 0 saturated carbocycles. The standard InChI is InChI=1S/C9H9F3N2O5S2/c1-8(2)4-18-7(15)14(8)6-13-5(3-20-6)19-21(16,17)9(10,11)12/h3H,4H2,1-2H3. The number of hydrogen-bond donors (Lipinski definition) is 0. The molecule has 21 heavy (non-hydrogen) atoms. The highest BCUT2D eigenvalue weighted by Gasteiger charge is 2.49. The molecule has 0 bridgehead atoms. The number of carbonyl (C=O) groups is 1. The molecule has 1 aromatic heterocycles. The minimum Gasteiger partial charge on any atom is -0.447 e. The zero-order valence-corrected chi connectivity index (χ0v) is 12.3. The summed E-state index contributed by atoms with van der Waals surface area (Å²) in [5.41, 5.74) is -6.31. The number of alkyl halides is 3. The van der Waals surface area contributed by atoms with Crippen LogP contribution in [0, 0.1) is 0 Å². The Kier molecular flexibility index (Phi) is 3.56. The maximum absolute atomic E-state index is 12.2. The second kappa shape index (κ2) is 4.73. The molecule has 0 N–H and O–H groups in total. The van der Waals surface area contributed by atoms with E-state index in [9.17, 15) is 26.4 Å². The van der Waals surface area contributed by atoms with Crippen molar-refractivity contribution in [2.75, 3.05) is 11.5 Å². The Morgan fingerprint density at radius 1 is 1.48 bits per heavy atom. The minimum absolute atomic E-state index is 0.0186. The van der Waals surface area contributed by atoms with Gasteiger partial charge in [0.25, 0.3) is 0 Å². The monoisotopic (exact) mass is 346 g/mol. The number of anilines is 1. The van der Waals surface area contributed by atoms with Crippen LogP contribution in [-0.4, -0.2) is 37.1 Å². The van der Waals surface area contributed by atoms with Gasteiger partial charge in [0.1, 0.15) is 6.61 Å². The minimum atomic E-state index is -5.79. The number of nitrogens with zero attached hydrogens (tertiary/aromatic N) is 2. The molecule has 12 heteroatoms. The summed E-state index contributed by atoms with van der Waals surface area (Å²) in [6, 6.07) is 0. The third-order valence-electron chi connectivity index (χ3n) is 2.48. The highest BCUT2D eigenvalue weighted by atomic mass is 32.2. The van der Waals surface area contributed by atoms with Crippen LogP contribution in [0.5, 0.6) is 5.88 Å². The fourth-order valence-electron chi connectivity index (χ4n) is 1.50. The summed E-state index contributed by atoms with van der Waals surface area (Å²) < 4.78 is 67.0. The van der Waals surface area contributed by atoms with Crippen molar-refractivity contribution in [3.05, 3.63) is 5.38 Å². The molecule has 2 heterocycles. The van der Waals surface area contributed by atoms with E-state index in [1.165, 1.54) is 0 Å². The van der Waals surface area contributed by atoms with Crippen LogP contribution in [-0.2, 0) is 14.9 Å². The molecule has 7 nitrogen and oxygen atoms in total. The molecule has 0 atom stereocenters. The van der Waals surface area contributed by atoms with Crippen LogP contribution in [0.15, 0.2) is 5.38 Å². The molecule has 0 unspecified atom stereocenters. The van der Waals surface area contributed by atoms with Crippen LogP contribution in [0.25, 0.3) is 0 Å². The lowest BCUT2D eigenvalue weighted by Crippen LogP contribution is -2.42. The van der Waals surface area contributed by atoms with Gasteiger partial charge in [-0.3, -0.25) is 0 Å². The molecule has 1 aliphatic rings. The number of hydrogen-bond acceptors (Lipinski definition) is 7. The highest BCUT2D eigenvalue weighted by Crippen LogP contribution is 2.35. The van der Waals surface area contributed by atoms with Crippen LogP contribution in [0.2, 0.25) is 0 Å². The largest absolute Gasteiger partial charge is 0.534 e. The van der Waals surface area contributed by atoms with Gasteiger partial charge in [-0.25, -0.2) is 9.69 Å². The van der Waals surface area contributed by atoms with E-state index in [4.69, 9.17) is 4.74 Å². The summed E-state index contributed by atoms with van der Waals surface area (Å²) in [7, 11) is -5.79. The zero-order valence-electron chi connectivity index (χ0n) is 10.7. The lowest BCUT2D eigenvalue weighted by atomic mass is 10.1. The van der Waals surface area contributed by atoms with Gasteiger partial charge in [0.15, 0.2) is 5.13 Å². The molecule has 0 radical (unpaired) electrons. The number of carbonyl (C=O) groups excluding carboxylic acids is 1. The normalized spacial score (nSPS) is 18.7. The average Bonchev–Trinajstić information content (AvgIpc) is 2.81. The van der Waals surface area contributed by atoms with Crippen molar-refractivity contribution in [1.82, 2.24) is 4.98 Å². The molecular formula is C9H9F3N2O5S2. The Morgan fingerprint density at radius 2 is 2.10 bits per heavy atom. The molecule has 1 aromatic rings. The maximum Gasteiger partial charge on any atom is 0.534 e. The van der Waals surface area contributed by atoms with Crippen molar-refractivity contribution in [3.8, 4) is 5.88 Å². The van der Waals surface area contributed by atoms with Crippen LogP contribution in [0.1, 0.15) is 13.8 Å². The second-order valence-corrected chi connectivity index (χ2v) is 7.03. The van der Waals surface area contributed by atoms with Crippen LogP contribution < -0.4 is 9.08 Å². The first kappa shape index (κ1) is 15.8. The molecule has 1 fully saturated rings. The summed E-state index contributed by atoms with van der Waals surface area (Å²) >= 11 is 0.761. The molecule has 1 aliphatic heterocycles. The van der Waals surface area contributed by atoms with Gasteiger partial charge in [-0.05, 0) is 13.8 Å². The highest BCUT2D eigenvalue weighted by molar-refractivity contribution is 7.88. The van der Waals surface area contributed by atoms with Crippen LogP contribution in [0.4, 0.5) is 23.1 Å². The number of amides is 1. The second-order valence-electron chi connectivity index (χ2n) is 4.65. The van der Waals surface area contributed by atoms with E-state index >= 15 is 0 Å². The first-order valence-electron chi connectivity index (χ1n) is 5.37. The molecule has 118 valence electrons. The predicted octanol–water partition coefficient (Wildman–Crippen LogP) is 2.11. The number of aromatic nitrogens is 1. The Labute approximate surface area is 121 Å². The Morgan fingerprint density at radius 3 is 2.57 bits per heavy atom. The van der Waals surface area contributed by atoms with Gasteiger partial charge >= 0.3 is 21.7 Å². The molecule has 0 aliphatic carbocycles. The van der Waals surface area contributed by atoms with Gasteiger partial charge in [-0.15, -0.1) is 11.3 Å². The summed E-state index contributed by atoms with van der Waals surface area (Å²) in [5.74, 6) is -0.761. The molecule has 1 saturated heterocycles. The van der Waals surface area contributed by atoms with Crippen molar-refractivity contribution in [2.45, 2.75) is 24.9 Å². The van der Waals surface area contributed by atoms with E-state index < -0.39 is 33.1 Å². The van der Waals surface area contributed by atoms with E-state index in [2.05, 4.69) is 9.17 Å². The van der Waals surface area contributed by atoms with Gasteiger partial charge in [0.05, 0.1) is 10.9 Å². The van der Waals surface area contributed by atoms with Crippen molar-refractivity contribution >= 4 is 32.7 Å².